The molecular weight excluding hydrogens is 232 g/mol. The van der Waals surface area contributed by atoms with Crippen LogP contribution in [0.3, 0.4) is 0 Å². The molecule has 3 aliphatic rings. The Morgan fingerprint density at radius 1 is 1.17 bits per heavy atom. The van der Waals surface area contributed by atoms with E-state index in [1.54, 1.807) is 0 Å². The number of alkyl halides is 2. The number of rotatable bonds is 2. The van der Waals surface area contributed by atoms with Crippen LogP contribution in [0.15, 0.2) is 0 Å². The van der Waals surface area contributed by atoms with Crippen molar-refractivity contribution < 1.29 is 8.78 Å². The molecule has 0 amide bonds. The molecule has 2 aliphatic carbocycles. The van der Waals surface area contributed by atoms with Crippen LogP contribution in [-0.4, -0.2) is 29.5 Å². The molecule has 3 fully saturated rings. The smallest absolute Gasteiger partial charge is 0.251 e. The summed E-state index contributed by atoms with van der Waals surface area (Å²) in [5, 5.41) is 0. The van der Waals surface area contributed by atoms with Crippen LogP contribution in [0.1, 0.15) is 40.5 Å². The van der Waals surface area contributed by atoms with Crippen LogP contribution in [0.25, 0.3) is 0 Å². The maximum absolute atomic E-state index is 13.9. The summed E-state index contributed by atoms with van der Waals surface area (Å²) < 4.78 is 27.8. The van der Waals surface area contributed by atoms with E-state index < -0.39 is 5.92 Å². The van der Waals surface area contributed by atoms with Crippen molar-refractivity contribution in [1.82, 2.24) is 4.90 Å². The highest BCUT2D eigenvalue weighted by molar-refractivity contribution is 5.12. The minimum atomic E-state index is -2.37. The second kappa shape index (κ2) is 3.91. The van der Waals surface area contributed by atoms with Crippen molar-refractivity contribution in [2.75, 3.05) is 6.54 Å². The monoisotopic (exact) mass is 257 g/mol. The van der Waals surface area contributed by atoms with Gasteiger partial charge >= 0.3 is 0 Å². The molecule has 1 saturated heterocycles. The van der Waals surface area contributed by atoms with E-state index in [9.17, 15) is 8.78 Å². The van der Waals surface area contributed by atoms with Crippen molar-refractivity contribution in [1.29, 1.82) is 0 Å². The van der Waals surface area contributed by atoms with E-state index in [4.69, 9.17) is 0 Å². The van der Waals surface area contributed by atoms with Gasteiger partial charge in [-0.25, -0.2) is 8.78 Å². The zero-order valence-corrected chi connectivity index (χ0v) is 11.9. The molecular formula is C15H25F2N. The third kappa shape index (κ3) is 1.59. The molecule has 1 heterocycles. The SMILES string of the molecule is CC(C)C1C2C3CC(C2CN1C(C)C)C(F)(F)C3. The number of fused-ring (bicyclic) bond motifs is 5. The van der Waals surface area contributed by atoms with Gasteiger partial charge < -0.3 is 0 Å². The largest absolute Gasteiger partial charge is 0.297 e. The maximum atomic E-state index is 13.9. The lowest BCUT2D eigenvalue weighted by Crippen LogP contribution is -2.43. The van der Waals surface area contributed by atoms with Crippen LogP contribution in [0.5, 0.6) is 0 Å². The molecule has 5 atom stereocenters. The highest BCUT2D eigenvalue weighted by Gasteiger charge is 2.66. The van der Waals surface area contributed by atoms with Gasteiger partial charge in [0, 0.05) is 31.0 Å². The summed E-state index contributed by atoms with van der Waals surface area (Å²) in [5.74, 6) is -1.04. The van der Waals surface area contributed by atoms with Gasteiger partial charge in [-0.2, -0.15) is 0 Å². The van der Waals surface area contributed by atoms with E-state index in [1.807, 2.05) is 0 Å². The van der Waals surface area contributed by atoms with E-state index in [0.717, 1.165) is 13.0 Å². The molecule has 3 heteroatoms. The van der Waals surface area contributed by atoms with Crippen molar-refractivity contribution in [3.63, 3.8) is 0 Å². The molecule has 104 valence electrons. The van der Waals surface area contributed by atoms with Gasteiger partial charge in [-0.15, -0.1) is 0 Å². The predicted molar refractivity (Wildman–Crippen MR) is 68.6 cm³/mol. The standard InChI is InChI=1S/C15H25F2N/c1-8(2)14-13-10-5-12(15(16,17)6-10)11(13)7-18(14)9(3)4/h8-14H,5-7H2,1-4H3. The average molecular weight is 257 g/mol. The van der Waals surface area contributed by atoms with Gasteiger partial charge in [-0.1, -0.05) is 13.8 Å². The third-order valence-corrected chi connectivity index (χ3v) is 5.73. The van der Waals surface area contributed by atoms with E-state index in [2.05, 4.69) is 32.6 Å². The molecule has 1 aliphatic heterocycles. The highest BCUT2D eigenvalue weighted by Crippen LogP contribution is 2.63. The number of hydrogen-bond acceptors (Lipinski definition) is 1. The highest BCUT2D eigenvalue weighted by atomic mass is 19.3. The quantitative estimate of drug-likeness (QED) is 0.730. The number of likely N-dealkylation sites (tertiary alicyclic amines) is 1. The first kappa shape index (κ1) is 12.8. The van der Waals surface area contributed by atoms with E-state index in [0.29, 0.717) is 23.9 Å². The maximum Gasteiger partial charge on any atom is 0.251 e. The first-order valence-corrected chi connectivity index (χ1v) is 7.46. The molecule has 2 bridgehead atoms. The lowest BCUT2D eigenvalue weighted by atomic mass is 9.74. The van der Waals surface area contributed by atoms with E-state index in [1.165, 1.54) is 0 Å². The van der Waals surface area contributed by atoms with Gasteiger partial charge in [-0.05, 0) is 43.9 Å². The van der Waals surface area contributed by atoms with Crippen molar-refractivity contribution in [2.24, 2.45) is 29.6 Å². The molecule has 5 unspecified atom stereocenters. The first-order valence-electron chi connectivity index (χ1n) is 7.46. The Morgan fingerprint density at radius 3 is 2.39 bits per heavy atom. The van der Waals surface area contributed by atoms with Gasteiger partial charge in [0.1, 0.15) is 0 Å². The Balaban J connectivity index is 1.89. The number of hydrogen-bond donors (Lipinski definition) is 0. The van der Waals surface area contributed by atoms with E-state index >= 15 is 0 Å². The topological polar surface area (TPSA) is 3.24 Å². The first-order chi connectivity index (χ1) is 8.33. The molecule has 0 aromatic rings. The zero-order valence-electron chi connectivity index (χ0n) is 11.9. The van der Waals surface area contributed by atoms with Crippen LogP contribution in [0.2, 0.25) is 0 Å². The molecule has 2 saturated carbocycles. The fourth-order valence-electron chi connectivity index (χ4n) is 5.23. The molecule has 0 spiro atoms. The minimum Gasteiger partial charge on any atom is -0.297 e. The van der Waals surface area contributed by atoms with Gasteiger partial charge in [0.25, 0.3) is 5.92 Å². The summed E-state index contributed by atoms with van der Waals surface area (Å²) in [4.78, 5) is 2.50. The van der Waals surface area contributed by atoms with Crippen molar-refractivity contribution in [2.45, 2.75) is 58.5 Å². The van der Waals surface area contributed by atoms with E-state index in [-0.39, 0.29) is 24.2 Å². The summed E-state index contributed by atoms with van der Waals surface area (Å²) >= 11 is 0. The molecule has 1 nitrogen and oxygen atoms in total. The van der Waals surface area contributed by atoms with Gasteiger partial charge in [-0.3, -0.25) is 4.90 Å². The molecule has 0 radical (unpaired) electrons. The fourth-order valence-corrected chi connectivity index (χ4v) is 5.23. The molecule has 0 N–H and O–H groups in total. The summed E-state index contributed by atoms with van der Waals surface area (Å²) in [5.41, 5.74) is 0. The molecule has 0 aromatic carbocycles. The van der Waals surface area contributed by atoms with Gasteiger partial charge in [0.05, 0.1) is 0 Å². The lowest BCUT2D eigenvalue weighted by molar-refractivity contribution is -0.0806. The predicted octanol–water partition coefficient (Wildman–Crippen LogP) is 3.64. The Hall–Kier alpha value is -0.180. The Bertz CT molecular complexity index is 339. The fraction of sp³-hybridized carbons (Fsp3) is 1.00. The van der Waals surface area contributed by atoms with Crippen molar-refractivity contribution in [3.05, 3.63) is 0 Å². The normalized spacial score (nSPS) is 46.3. The van der Waals surface area contributed by atoms with Crippen LogP contribution in [-0.2, 0) is 0 Å². The second-order valence-corrected chi connectivity index (χ2v) is 7.33. The number of nitrogens with zero attached hydrogens (tertiary/aromatic N) is 1. The lowest BCUT2D eigenvalue weighted by Gasteiger charge is -2.37. The molecule has 18 heavy (non-hydrogen) atoms. The summed E-state index contributed by atoms with van der Waals surface area (Å²) in [6.07, 6.45) is 0.950. The summed E-state index contributed by atoms with van der Waals surface area (Å²) in [7, 11) is 0. The van der Waals surface area contributed by atoms with Crippen molar-refractivity contribution >= 4 is 0 Å². The number of halogens is 2. The van der Waals surface area contributed by atoms with Crippen molar-refractivity contribution in [3.8, 4) is 0 Å². The zero-order chi connectivity index (χ0) is 13.2. The average Bonchev–Trinajstić information content (AvgIpc) is 2.81. The van der Waals surface area contributed by atoms with Crippen LogP contribution in [0, 0.1) is 29.6 Å². The Labute approximate surface area is 109 Å². The third-order valence-electron chi connectivity index (χ3n) is 5.73. The minimum absolute atomic E-state index is 0.161. The van der Waals surface area contributed by atoms with Gasteiger partial charge in [0.15, 0.2) is 0 Å². The van der Waals surface area contributed by atoms with Crippen LogP contribution < -0.4 is 0 Å². The molecule has 0 aromatic heterocycles. The summed E-state index contributed by atoms with van der Waals surface area (Å²) in [6.45, 7) is 9.83. The Kier molecular flexibility index (Phi) is 2.79. The molecule has 3 rings (SSSR count). The summed E-state index contributed by atoms with van der Waals surface area (Å²) in [6, 6.07) is 1.01. The van der Waals surface area contributed by atoms with Crippen LogP contribution >= 0.6 is 0 Å². The van der Waals surface area contributed by atoms with Gasteiger partial charge in [0.2, 0.25) is 0 Å². The Morgan fingerprint density at radius 2 is 1.83 bits per heavy atom. The second-order valence-electron chi connectivity index (χ2n) is 7.33. The van der Waals surface area contributed by atoms with Crippen LogP contribution in [0.4, 0.5) is 8.78 Å².